The van der Waals surface area contributed by atoms with Gasteiger partial charge in [0, 0.05) is 0 Å². The zero-order valence-corrected chi connectivity index (χ0v) is 18.8. The molecule has 0 rings (SSSR count). The molecule has 0 aliphatic rings. The normalized spacial score (nSPS) is 10.7. The van der Waals surface area contributed by atoms with E-state index in [0.29, 0.717) is 0 Å². The van der Waals surface area contributed by atoms with Crippen LogP contribution in [0.2, 0.25) is 0 Å². The van der Waals surface area contributed by atoms with Crippen molar-refractivity contribution >= 4 is 17.0 Å². The van der Waals surface area contributed by atoms with Gasteiger partial charge in [-0.1, -0.05) is 90.4 Å². The summed E-state index contributed by atoms with van der Waals surface area (Å²) in [6.07, 6.45) is 19.9. The van der Waals surface area contributed by atoms with Crippen molar-refractivity contribution in [2.45, 2.75) is 96.8 Å². The minimum Gasteiger partial charge on any atom is -0.333 e. The third-order valence-electron chi connectivity index (χ3n) is 3.56. The smallest absolute Gasteiger partial charge is 0.0675 e. The van der Waals surface area contributed by atoms with E-state index < -0.39 is 0 Å². The molecule has 0 aliphatic heterocycles. The van der Waals surface area contributed by atoms with E-state index in [1.165, 1.54) is 89.9 Å². The first-order valence-corrected chi connectivity index (χ1v) is 9.90. The van der Waals surface area contributed by atoms with Crippen molar-refractivity contribution in [1.82, 2.24) is 0 Å². The Morgan fingerprint density at radius 2 is 0.739 bits per heavy atom. The molecule has 23 heavy (non-hydrogen) atoms. The molecule has 0 heterocycles. The third-order valence-corrected chi connectivity index (χ3v) is 3.56. The Balaban J connectivity index is -0.000000578. The Bertz CT molecular complexity index is 171. The van der Waals surface area contributed by atoms with Crippen molar-refractivity contribution in [2.24, 2.45) is 5.73 Å². The zero-order valence-electron chi connectivity index (χ0n) is 17.0. The van der Waals surface area contributed by atoms with Gasteiger partial charge >= 0.3 is 0 Å². The van der Waals surface area contributed by atoms with Crippen molar-refractivity contribution in [1.29, 1.82) is 0 Å². The van der Waals surface area contributed by atoms with Crippen LogP contribution in [0.15, 0.2) is 0 Å². The van der Waals surface area contributed by atoms with Crippen LogP contribution in [0.4, 0.5) is 0 Å². The number of halogens is 1. The highest BCUT2D eigenvalue weighted by Gasteiger charge is 1.93. The monoisotopic (exact) mass is 395 g/mol. The van der Waals surface area contributed by atoms with Gasteiger partial charge in [-0.3, -0.25) is 0 Å². The lowest BCUT2D eigenvalue weighted by molar-refractivity contribution is -0.849. The SMILES string of the molecule is Br.CCCCCCCCCCCCCCCCN.C[N+](C)(C)C. The standard InChI is InChI=1S/C16H35N.C4H12N.BrH/c1-2-3-4-5-6-7-8-9-10-11-12-13-14-15-16-17;1-5(2,3)4;/h2-17H2,1H3;1-4H3;1H/q;+1;. The summed E-state index contributed by atoms with van der Waals surface area (Å²) in [5, 5.41) is 0. The lowest BCUT2D eigenvalue weighted by Crippen LogP contribution is -2.27. The van der Waals surface area contributed by atoms with E-state index in [9.17, 15) is 0 Å². The first kappa shape index (κ1) is 28.2. The van der Waals surface area contributed by atoms with Crippen LogP contribution in [-0.4, -0.2) is 39.2 Å². The summed E-state index contributed by atoms with van der Waals surface area (Å²) in [6.45, 7) is 3.16. The van der Waals surface area contributed by atoms with Crippen LogP contribution in [0, 0.1) is 0 Å². The van der Waals surface area contributed by atoms with Gasteiger partial charge in [-0.15, -0.1) is 17.0 Å². The number of nitrogens with zero attached hydrogens (tertiary/aromatic N) is 1. The maximum atomic E-state index is 5.47. The van der Waals surface area contributed by atoms with E-state index in [1.54, 1.807) is 0 Å². The number of hydrogen-bond donors (Lipinski definition) is 1. The molecule has 0 atom stereocenters. The molecular weight excluding hydrogens is 348 g/mol. The number of rotatable bonds is 14. The third kappa shape index (κ3) is 45.0. The van der Waals surface area contributed by atoms with Crippen LogP contribution < -0.4 is 5.73 Å². The van der Waals surface area contributed by atoms with Crippen LogP contribution in [0.3, 0.4) is 0 Å². The van der Waals surface area contributed by atoms with Crippen LogP contribution >= 0.6 is 17.0 Å². The minimum absolute atomic E-state index is 0. The van der Waals surface area contributed by atoms with Gasteiger partial charge in [0.05, 0.1) is 28.2 Å². The molecule has 0 saturated carbocycles. The Morgan fingerprint density at radius 3 is 0.957 bits per heavy atom. The molecule has 0 spiro atoms. The maximum absolute atomic E-state index is 5.47. The van der Waals surface area contributed by atoms with E-state index in [1.807, 2.05) is 0 Å². The van der Waals surface area contributed by atoms with Crippen molar-refractivity contribution in [3.8, 4) is 0 Å². The van der Waals surface area contributed by atoms with E-state index in [-0.39, 0.29) is 17.0 Å². The van der Waals surface area contributed by atoms with Gasteiger partial charge in [0.1, 0.15) is 0 Å². The molecule has 0 radical (unpaired) electrons. The topological polar surface area (TPSA) is 26.0 Å². The molecule has 144 valence electrons. The summed E-state index contributed by atoms with van der Waals surface area (Å²) in [6, 6.07) is 0. The average molecular weight is 397 g/mol. The Morgan fingerprint density at radius 1 is 0.522 bits per heavy atom. The molecule has 0 aromatic heterocycles. The van der Waals surface area contributed by atoms with Gasteiger partial charge in [0.2, 0.25) is 0 Å². The summed E-state index contributed by atoms with van der Waals surface area (Å²) in [5.41, 5.74) is 5.47. The van der Waals surface area contributed by atoms with Gasteiger partial charge in [-0.25, -0.2) is 0 Å². The average Bonchev–Trinajstić information content (AvgIpc) is 2.42. The number of nitrogens with two attached hydrogens (primary N) is 1. The van der Waals surface area contributed by atoms with Crippen LogP contribution in [0.5, 0.6) is 0 Å². The van der Waals surface area contributed by atoms with Crippen LogP contribution in [0.1, 0.15) is 96.8 Å². The fraction of sp³-hybridized carbons (Fsp3) is 1.00. The molecule has 0 aliphatic carbocycles. The highest BCUT2D eigenvalue weighted by Crippen LogP contribution is 2.12. The van der Waals surface area contributed by atoms with E-state index in [0.717, 1.165) is 11.0 Å². The Labute approximate surface area is 159 Å². The van der Waals surface area contributed by atoms with Gasteiger partial charge in [0.15, 0.2) is 0 Å². The first-order valence-electron chi connectivity index (χ1n) is 9.90. The Hall–Kier alpha value is 0.400. The summed E-state index contributed by atoms with van der Waals surface area (Å²) in [4.78, 5) is 0. The molecular formula is C20H48BrN2+. The van der Waals surface area contributed by atoms with Crippen LogP contribution in [-0.2, 0) is 0 Å². The lowest BCUT2D eigenvalue weighted by Gasteiger charge is -2.14. The van der Waals surface area contributed by atoms with E-state index in [4.69, 9.17) is 5.73 Å². The van der Waals surface area contributed by atoms with Gasteiger partial charge in [0.25, 0.3) is 0 Å². The molecule has 2 N–H and O–H groups in total. The highest BCUT2D eigenvalue weighted by molar-refractivity contribution is 8.93. The molecule has 0 unspecified atom stereocenters. The summed E-state index contributed by atoms with van der Waals surface area (Å²) in [7, 11) is 8.50. The quantitative estimate of drug-likeness (QED) is 0.270. The number of unbranched alkanes of at least 4 members (excludes halogenated alkanes) is 13. The van der Waals surface area contributed by atoms with Gasteiger partial charge in [-0.05, 0) is 13.0 Å². The highest BCUT2D eigenvalue weighted by atomic mass is 79.9. The predicted molar refractivity (Wildman–Crippen MR) is 114 cm³/mol. The number of quaternary nitrogens is 1. The molecule has 0 aromatic carbocycles. The molecule has 3 heteroatoms. The molecule has 0 saturated heterocycles. The largest absolute Gasteiger partial charge is 0.333 e. The molecule has 0 amide bonds. The fourth-order valence-corrected chi connectivity index (χ4v) is 2.34. The molecule has 2 nitrogen and oxygen atoms in total. The molecule has 0 aromatic rings. The Kier molecular flexibility index (Phi) is 27.5. The first-order chi connectivity index (χ1) is 10.4. The summed E-state index contributed by atoms with van der Waals surface area (Å²) in [5.74, 6) is 0. The lowest BCUT2D eigenvalue weighted by atomic mass is 10.0. The second kappa shape index (κ2) is 22.4. The van der Waals surface area contributed by atoms with Crippen molar-refractivity contribution in [3.63, 3.8) is 0 Å². The van der Waals surface area contributed by atoms with Crippen molar-refractivity contribution < 1.29 is 4.48 Å². The van der Waals surface area contributed by atoms with Gasteiger partial charge in [-0.2, -0.15) is 0 Å². The maximum Gasteiger partial charge on any atom is 0.0675 e. The van der Waals surface area contributed by atoms with E-state index in [2.05, 4.69) is 35.1 Å². The summed E-state index contributed by atoms with van der Waals surface area (Å²) < 4.78 is 1.00. The summed E-state index contributed by atoms with van der Waals surface area (Å²) >= 11 is 0. The van der Waals surface area contributed by atoms with Gasteiger partial charge < -0.3 is 10.2 Å². The van der Waals surface area contributed by atoms with Crippen molar-refractivity contribution in [2.75, 3.05) is 34.7 Å². The fourth-order valence-electron chi connectivity index (χ4n) is 2.34. The second-order valence-corrected chi connectivity index (χ2v) is 8.07. The van der Waals surface area contributed by atoms with E-state index >= 15 is 0 Å². The molecule has 0 bridgehead atoms. The van der Waals surface area contributed by atoms with Crippen LogP contribution in [0.25, 0.3) is 0 Å². The molecule has 0 fully saturated rings. The number of hydrogen-bond acceptors (Lipinski definition) is 1. The van der Waals surface area contributed by atoms with Crippen molar-refractivity contribution in [3.05, 3.63) is 0 Å². The zero-order chi connectivity index (χ0) is 17.1. The second-order valence-electron chi connectivity index (χ2n) is 8.07. The minimum atomic E-state index is 0. The predicted octanol–water partition coefficient (Wildman–Crippen LogP) is 6.33.